The lowest BCUT2D eigenvalue weighted by molar-refractivity contribution is -0.133. The predicted octanol–water partition coefficient (Wildman–Crippen LogP) is 4.71. The molecule has 0 saturated carbocycles. The molecule has 3 rings (SSSR count). The maximum atomic E-state index is 12.8. The number of benzene rings is 2. The lowest BCUT2D eigenvalue weighted by atomic mass is 9.92. The summed E-state index contributed by atoms with van der Waals surface area (Å²) in [4.78, 5) is 38.4. The van der Waals surface area contributed by atoms with Crippen molar-refractivity contribution in [2.75, 3.05) is 11.9 Å². The van der Waals surface area contributed by atoms with Gasteiger partial charge in [0.25, 0.3) is 5.91 Å². The van der Waals surface area contributed by atoms with Crippen molar-refractivity contribution in [2.24, 2.45) is 0 Å². The van der Waals surface area contributed by atoms with Crippen LogP contribution in [-0.4, -0.2) is 29.3 Å². The van der Waals surface area contributed by atoms with Crippen molar-refractivity contribution in [1.29, 1.82) is 0 Å². The number of carbonyl (C=O) groups is 3. The molecular formula is C18H13Cl4N3O3. The van der Waals surface area contributed by atoms with Crippen LogP contribution in [0.25, 0.3) is 0 Å². The quantitative estimate of drug-likeness (QED) is 0.512. The van der Waals surface area contributed by atoms with Crippen molar-refractivity contribution >= 4 is 69.9 Å². The summed E-state index contributed by atoms with van der Waals surface area (Å²) in [5.74, 6) is -1.18. The molecule has 1 aliphatic heterocycles. The molecule has 0 aliphatic carbocycles. The van der Waals surface area contributed by atoms with Crippen LogP contribution >= 0.6 is 46.4 Å². The van der Waals surface area contributed by atoms with Gasteiger partial charge < -0.3 is 10.6 Å². The average Bonchev–Trinajstić information content (AvgIpc) is 2.84. The number of amides is 4. The van der Waals surface area contributed by atoms with Gasteiger partial charge in [0, 0.05) is 5.02 Å². The van der Waals surface area contributed by atoms with E-state index in [0.717, 1.165) is 4.90 Å². The maximum Gasteiger partial charge on any atom is 0.325 e. The fourth-order valence-corrected chi connectivity index (χ4v) is 3.49. The van der Waals surface area contributed by atoms with Crippen molar-refractivity contribution in [1.82, 2.24) is 10.2 Å². The van der Waals surface area contributed by atoms with Gasteiger partial charge in [-0.3, -0.25) is 14.5 Å². The van der Waals surface area contributed by atoms with Gasteiger partial charge in [0.15, 0.2) is 0 Å². The van der Waals surface area contributed by atoms with Gasteiger partial charge in [-0.1, -0.05) is 58.5 Å². The maximum absolute atomic E-state index is 12.8. The normalized spacial score (nSPS) is 19.0. The Bertz CT molecular complexity index is 981. The van der Waals surface area contributed by atoms with E-state index in [1.54, 1.807) is 31.2 Å². The lowest BCUT2D eigenvalue weighted by Crippen LogP contribution is -2.42. The zero-order valence-corrected chi connectivity index (χ0v) is 17.4. The van der Waals surface area contributed by atoms with Crippen LogP contribution in [0.3, 0.4) is 0 Å². The Kier molecular flexibility index (Phi) is 5.77. The number of urea groups is 1. The summed E-state index contributed by atoms with van der Waals surface area (Å²) in [5.41, 5.74) is -0.539. The Morgan fingerprint density at radius 1 is 1.04 bits per heavy atom. The third kappa shape index (κ3) is 3.91. The zero-order valence-electron chi connectivity index (χ0n) is 14.4. The Labute approximate surface area is 180 Å². The minimum Gasteiger partial charge on any atom is -0.323 e. The monoisotopic (exact) mass is 459 g/mol. The lowest BCUT2D eigenvalue weighted by Gasteiger charge is -2.22. The molecule has 6 nitrogen and oxygen atoms in total. The van der Waals surface area contributed by atoms with Crippen molar-refractivity contribution in [3.05, 3.63) is 62.1 Å². The summed E-state index contributed by atoms with van der Waals surface area (Å²) in [6, 6.07) is 8.59. The molecular weight excluding hydrogens is 448 g/mol. The summed E-state index contributed by atoms with van der Waals surface area (Å²) >= 11 is 23.7. The Morgan fingerprint density at radius 3 is 2.29 bits per heavy atom. The van der Waals surface area contributed by atoms with E-state index in [2.05, 4.69) is 10.6 Å². The molecule has 0 spiro atoms. The minimum absolute atomic E-state index is 0.172. The van der Waals surface area contributed by atoms with Crippen LogP contribution in [0.5, 0.6) is 0 Å². The smallest absolute Gasteiger partial charge is 0.323 e. The summed E-state index contributed by atoms with van der Waals surface area (Å²) in [7, 11) is 0. The summed E-state index contributed by atoms with van der Waals surface area (Å²) in [5, 5.41) is 6.23. The third-order valence-electron chi connectivity index (χ3n) is 4.28. The molecule has 2 N–H and O–H groups in total. The fourth-order valence-electron chi connectivity index (χ4n) is 2.77. The molecule has 1 atom stereocenters. The van der Waals surface area contributed by atoms with Gasteiger partial charge in [0.05, 0.1) is 20.8 Å². The fraction of sp³-hybridized carbons (Fsp3) is 0.167. The number of carbonyl (C=O) groups excluding carboxylic acids is 3. The van der Waals surface area contributed by atoms with Crippen LogP contribution in [0, 0.1) is 0 Å². The van der Waals surface area contributed by atoms with E-state index < -0.39 is 29.9 Å². The van der Waals surface area contributed by atoms with E-state index in [1.165, 1.54) is 12.1 Å². The Morgan fingerprint density at radius 2 is 1.64 bits per heavy atom. The molecule has 2 aromatic rings. The second kappa shape index (κ2) is 7.79. The molecule has 28 heavy (non-hydrogen) atoms. The summed E-state index contributed by atoms with van der Waals surface area (Å²) in [6.07, 6.45) is 0. The van der Waals surface area contributed by atoms with Crippen LogP contribution in [0.15, 0.2) is 36.4 Å². The van der Waals surface area contributed by atoms with E-state index >= 15 is 0 Å². The van der Waals surface area contributed by atoms with E-state index in [4.69, 9.17) is 46.4 Å². The van der Waals surface area contributed by atoms with Crippen molar-refractivity contribution < 1.29 is 14.4 Å². The zero-order chi connectivity index (χ0) is 20.6. The van der Waals surface area contributed by atoms with Crippen LogP contribution in [0.4, 0.5) is 10.5 Å². The van der Waals surface area contributed by atoms with Crippen LogP contribution in [0.2, 0.25) is 20.1 Å². The van der Waals surface area contributed by atoms with Crippen LogP contribution < -0.4 is 10.6 Å². The van der Waals surface area contributed by atoms with E-state index in [9.17, 15) is 14.4 Å². The molecule has 0 unspecified atom stereocenters. The Balaban J connectivity index is 1.76. The molecule has 0 bridgehead atoms. The van der Waals surface area contributed by atoms with Crippen molar-refractivity contribution in [2.45, 2.75) is 12.5 Å². The molecule has 4 amide bonds. The van der Waals surface area contributed by atoms with Crippen LogP contribution in [0.1, 0.15) is 12.5 Å². The standard InChI is InChI=1S/C18H13Cl4N3O3/c1-18(9-2-4-10(19)5-3-9)16(27)25(17(28)24-18)8-15(26)23-14-7-12(21)11(20)6-13(14)22/h2-7H,8H2,1H3,(H,23,26)(H,24,28)/t18-/m1/s1. The predicted molar refractivity (Wildman–Crippen MR) is 109 cm³/mol. The molecule has 146 valence electrons. The van der Waals surface area contributed by atoms with Gasteiger partial charge in [-0.05, 0) is 36.8 Å². The second-order valence-corrected chi connectivity index (χ2v) is 7.91. The van der Waals surface area contributed by atoms with Crippen molar-refractivity contribution in [3.63, 3.8) is 0 Å². The highest BCUT2D eigenvalue weighted by atomic mass is 35.5. The Hall–Kier alpha value is -1.99. The number of anilines is 1. The SMILES string of the molecule is C[C@]1(c2ccc(Cl)cc2)NC(=O)N(CC(=O)Nc2cc(Cl)c(Cl)cc2Cl)C1=O. The second-order valence-electron chi connectivity index (χ2n) is 6.25. The van der Waals surface area contributed by atoms with Crippen LogP contribution in [-0.2, 0) is 15.1 Å². The highest BCUT2D eigenvalue weighted by molar-refractivity contribution is 6.44. The number of hydrogen-bond acceptors (Lipinski definition) is 3. The topological polar surface area (TPSA) is 78.5 Å². The van der Waals surface area contributed by atoms with Gasteiger partial charge in [-0.2, -0.15) is 0 Å². The number of hydrogen-bond donors (Lipinski definition) is 2. The molecule has 1 fully saturated rings. The largest absolute Gasteiger partial charge is 0.325 e. The highest BCUT2D eigenvalue weighted by Gasteiger charge is 2.49. The molecule has 10 heteroatoms. The average molecular weight is 461 g/mol. The molecule has 0 radical (unpaired) electrons. The minimum atomic E-state index is -1.30. The van der Waals surface area contributed by atoms with Gasteiger partial charge >= 0.3 is 6.03 Å². The molecule has 1 saturated heterocycles. The third-order valence-corrected chi connectivity index (χ3v) is 5.57. The summed E-state index contributed by atoms with van der Waals surface area (Å²) < 4.78 is 0. The molecule has 1 heterocycles. The van der Waals surface area contributed by atoms with E-state index in [0.29, 0.717) is 10.6 Å². The number of nitrogens with one attached hydrogen (secondary N) is 2. The van der Waals surface area contributed by atoms with E-state index in [1.807, 2.05) is 0 Å². The van der Waals surface area contributed by atoms with E-state index in [-0.39, 0.29) is 20.8 Å². The highest BCUT2D eigenvalue weighted by Crippen LogP contribution is 2.33. The molecule has 1 aliphatic rings. The van der Waals surface area contributed by atoms with Gasteiger partial charge in [-0.15, -0.1) is 0 Å². The first kappa shape index (κ1) is 20.7. The van der Waals surface area contributed by atoms with Gasteiger partial charge in [0.2, 0.25) is 5.91 Å². The molecule has 0 aromatic heterocycles. The number of nitrogens with zero attached hydrogens (tertiary/aromatic N) is 1. The first-order chi connectivity index (χ1) is 13.1. The van der Waals surface area contributed by atoms with Gasteiger partial charge in [-0.25, -0.2) is 4.79 Å². The first-order valence-corrected chi connectivity index (χ1v) is 9.47. The summed E-state index contributed by atoms with van der Waals surface area (Å²) in [6.45, 7) is 1.06. The number of rotatable bonds is 4. The van der Waals surface area contributed by atoms with Crippen molar-refractivity contribution in [3.8, 4) is 0 Å². The van der Waals surface area contributed by atoms with Gasteiger partial charge in [0.1, 0.15) is 12.1 Å². The number of halogens is 4. The molecule has 2 aromatic carbocycles. The number of imide groups is 1. The first-order valence-electron chi connectivity index (χ1n) is 7.96.